The van der Waals surface area contributed by atoms with Gasteiger partial charge in [-0.15, -0.1) is 0 Å². The molecule has 0 saturated carbocycles. The van der Waals surface area contributed by atoms with E-state index in [0.717, 1.165) is 50.0 Å². The Labute approximate surface area is 193 Å². The molecule has 2 saturated heterocycles. The van der Waals surface area contributed by atoms with Crippen LogP contribution in [-0.2, 0) is 6.54 Å². The quantitative estimate of drug-likeness (QED) is 0.445. The lowest BCUT2D eigenvalue weighted by Gasteiger charge is -2.37. The predicted molar refractivity (Wildman–Crippen MR) is 126 cm³/mol. The van der Waals surface area contributed by atoms with E-state index in [1.165, 1.54) is 11.9 Å². The maximum Gasteiger partial charge on any atom is 0.229 e. The van der Waals surface area contributed by atoms with Crippen LogP contribution in [0.4, 0.5) is 10.1 Å². The summed E-state index contributed by atoms with van der Waals surface area (Å²) in [6.45, 7) is 4.60. The first-order valence-electron chi connectivity index (χ1n) is 11.5. The van der Waals surface area contributed by atoms with Gasteiger partial charge >= 0.3 is 0 Å². The van der Waals surface area contributed by atoms with Gasteiger partial charge in [-0.2, -0.15) is 4.98 Å². The summed E-state index contributed by atoms with van der Waals surface area (Å²) in [7, 11) is 0. The highest BCUT2D eigenvalue weighted by molar-refractivity contribution is 7.97. The molecular weight excluding hydrogens is 423 g/mol. The van der Waals surface area contributed by atoms with Gasteiger partial charge in [-0.1, -0.05) is 53.5 Å². The van der Waals surface area contributed by atoms with Crippen molar-refractivity contribution in [3.8, 4) is 0 Å². The van der Waals surface area contributed by atoms with Crippen molar-refractivity contribution >= 4 is 17.6 Å². The minimum absolute atomic E-state index is 0.115. The van der Waals surface area contributed by atoms with Crippen molar-refractivity contribution in [2.45, 2.75) is 56.4 Å². The number of hydrogen-bond acceptors (Lipinski definition) is 6. The molecule has 0 bridgehead atoms. The lowest BCUT2D eigenvalue weighted by molar-refractivity contribution is 0.317. The van der Waals surface area contributed by atoms with Crippen molar-refractivity contribution in [1.29, 1.82) is 0 Å². The fourth-order valence-corrected chi connectivity index (χ4v) is 6.09. The molecule has 0 N–H and O–H groups in total. The molecule has 1 unspecified atom stereocenters. The summed E-state index contributed by atoms with van der Waals surface area (Å²) in [5.74, 6) is 0.900. The van der Waals surface area contributed by atoms with E-state index in [1.807, 2.05) is 18.0 Å². The van der Waals surface area contributed by atoms with Crippen molar-refractivity contribution in [3.63, 3.8) is 0 Å². The molecule has 2 aliphatic heterocycles. The average molecular weight is 453 g/mol. The molecule has 0 aliphatic carbocycles. The van der Waals surface area contributed by atoms with Crippen molar-refractivity contribution in [2.75, 3.05) is 18.0 Å². The Morgan fingerprint density at radius 2 is 1.88 bits per heavy atom. The second-order valence-electron chi connectivity index (χ2n) is 8.82. The third-order valence-electron chi connectivity index (χ3n) is 6.72. The summed E-state index contributed by atoms with van der Waals surface area (Å²) in [5, 5.41) is 4.16. The van der Waals surface area contributed by atoms with Gasteiger partial charge in [0.25, 0.3) is 0 Å². The van der Waals surface area contributed by atoms with Crippen LogP contribution in [0.25, 0.3) is 0 Å². The lowest BCUT2D eigenvalue weighted by Crippen LogP contribution is -2.33. The van der Waals surface area contributed by atoms with Crippen LogP contribution in [0, 0.1) is 5.82 Å². The molecule has 168 valence electrons. The number of hydrogen-bond donors (Lipinski definition) is 0. The highest BCUT2D eigenvalue weighted by atomic mass is 32.2. The Balaban J connectivity index is 1.22. The van der Waals surface area contributed by atoms with E-state index in [4.69, 9.17) is 4.52 Å². The SMILES string of the molecule is C[C@H]1CCC(c2ccccc2)SN1Cc1ccc(N2CCC(c3ncno3)CC2)cc1F. The number of piperidine rings is 1. The number of aromatic nitrogens is 2. The Bertz CT molecular complexity index is 1010. The number of halogens is 1. The second kappa shape index (κ2) is 9.63. The second-order valence-corrected chi connectivity index (χ2v) is 10.1. The normalized spacial score (nSPS) is 22.9. The average Bonchev–Trinajstić information content (AvgIpc) is 3.37. The minimum Gasteiger partial charge on any atom is -0.371 e. The predicted octanol–water partition coefficient (Wildman–Crippen LogP) is 5.97. The van der Waals surface area contributed by atoms with Gasteiger partial charge in [0.05, 0.1) is 0 Å². The van der Waals surface area contributed by atoms with Gasteiger partial charge in [0, 0.05) is 48.1 Å². The first-order chi connectivity index (χ1) is 15.7. The lowest BCUT2D eigenvalue weighted by atomic mass is 9.96. The van der Waals surface area contributed by atoms with Crippen LogP contribution in [0.5, 0.6) is 0 Å². The molecule has 2 aliphatic rings. The molecule has 2 fully saturated rings. The van der Waals surface area contributed by atoms with Gasteiger partial charge in [0.2, 0.25) is 5.89 Å². The topological polar surface area (TPSA) is 45.4 Å². The number of anilines is 1. The molecule has 1 aromatic heterocycles. The molecule has 0 spiro atoms. The first kappa shape index (κ1) is 21.5. The van der Waals surface area contributed by atoms with E-state index >= 15 is 4.39 Å². The monoisotopic (exact) mass is 452 g/mol. The molecule has 2 aromatic carbocycles. The van der Waals surface area contributed by atoms with Crippen LogP contribution >= 0.6 is 11.9 Å². The molecule has 3 heterocycles. The zero-order chi connectivity index (χ0) is 21.9. The van der Waals surface area contributed by atoms with Crippen LogP contribution in [0.2, 0.25) is 0 Å². The third kappa shape index (κ3) is 4.69. The van der Waals surface area contributed by atoms with Gasteiger partial charge in [-0.25, -0.2) is 8.70 Å². The minimum atomic E-state index is -0.115. The van der Waals surface area contributed by atoms with Crippen molar-refractivity contribution in [3.05, 3.63) is 77.7 Å². The van der Waals surface area contributed by atoms with Gasteiger partial charge in [-0.3, -0.25) is 0 Å². The standard InChI is InChI=1S/C25H29FN4OS/c1-18-7-10-24(19-5-3-2-4-6-19)32-30(18)16-21-8-9-22(15-23(21)26)29-13-11-20(12-14-29)25-27-17-28-31-25/h2-6,8-9,15,17-18,20,24H,7,10-14,16H2,1H3/t18-,24?/m0/s1. The van der Waals surface area contributed by atoms with Crippen molar-refractivity contribution in [2.24, 2.45) is 0 Å². The van der Waals surface area contributed by atoms with Crippen LogP contribution in [0.1, 0.15) is 60.8 Å². The zero-order valence-electron chi connectivity index (χ0n) is 18.4. The van der Waals surface area contributed by atoms with Crippen LogP contribution < -0.4 is 4.90 Å². The maximum absolute atomic E-state index is 15.1. The Morgan fingerprint density at radius 3 is 2.59 bits per heavy atom. The van der Waals surface area contributed by atoms with E-state index in [1.54, 1.807) is 6.07 Å². The fourth-order valence-electron chi connectivity index (χ4n) is 4.72. The highest BCUT2D eigenvalue weighted by Crippen LogP contribution is 2.43. The molecule has 32 heavy (non-hydrogen) atoms. The summed E-state index contributed by atoms with van der Waals surface area (Å²) in [4.78, 5) is 6.44. The van der Waals surface area contributed by atoms with Crippen molar-refractivity contribution < 1.29 is 8.91 Å². The Hall–Kier alpha value is -2.38. The molecule has 7 heteroatoms. The molecule has 5 nitrogen and oxygen atoms in total. The van der Waals surface area contributed by atoms with Gasteiger partial charge < -0.3 is 9.42 Å². The highest BCUT2D eigenvalue weighted by Gasteiger charge is 2.29. The Kier molecular flexibility index (Phi) is 6.46. The van der Waals surface area contributed by atoms with E-state index in [-0.39, 0.29) is 5.82 Å². The summed E-state index contributed by atoms with van der Waals surface area (Å²) < 4.78 is 22.7. The molecule has 5 rings (SSSR count). The van der Waals surface area contributed by atoms with Gasteiger partial charge in [0.15, 0.2) is 6.33 Å². The third-order valence-corrected chi connectivity index (χ3v) is 8.24. The number of benzene rings is 2. The first-order valence-corrected chi connectivity index (χ1v) is 12.3. The summed E-state index contributed by atoms with van der Waals surface area (Å²) in [6, 6.07) is 16.8. The van der Waals surface area contributed by atoms with E-state index in [9.17, 15) is 0 Å². The van der Waals surface area contributed by atoms with Crippen molar-refractivity contribution in [1.82, 2.24) is 14.4 Å². The van der Waals surface area contributed by atoms with Crippen LogP contribution in [0.3, 0.4) is 0 Å². The summed E-state index contributed by atoms with van der Waals surface area (Å²) in [6.07, 6.45) is 5.62. The van der Waals surface area contributed by atoms with E-state index in [0.29, 0.717) is 29.6 Å². The molecular formula is C25H29FN4OS. The van der Waals surface area contributed by atoms with Crippen LogP contribution in [-0.4, -0.2) is 33.6 Å². The van der Waals surface area contributed by atoms with E-state index in [2.05, 4.69) is 62.7 Å². The largest absolute Gasteiger partial charge is 0.371 e. The molecule has 0 radical (unpaired) electrons. The molecule has 2 atom stereocenters. The molecule has 0 amide bonds. The number of rotatable bonds is 5. The molecule has 3 aromatic rings. The zero-order valence-corrected chi connectivity index (χ0v) is 19.2. The maximum atomic E-state index is 15.1. The summed E-state index contributed by atoms with van der Waals surface area (Å²) >= 11 is 1.86. The van der Waals surface area contributed by atoms with Gasteiger partial charge in [-0.05, 0) is 50.3 Å². The van der Waals surface area contributed by atoms with Crippen LogP contribution in [0.15, 0.2) is 59.4 Å². The number of nitrogens with zero attached hydrogens (tertiary/aromatic N) is 4. The van der Waals surface area contributed by atoms with E-state index < -0.39 is 0 Å². The Morgan fingerprint density at radius 1 is 1.06 bits per heavy atom. The smallest absolute Gasteiger partial charge is 0.229 e. The van der Waals surface area contributed by atoms with Gasteiger partial charge in [0.1, 0.15) is 5.82 Å². The fraction of sp³-hybridized carbons (Fsp3) is 0.440. The summed E-state index contributed by atoms with van der Waals surface area (Å²) in [5.41, 5.74) is 3.08.